The number of carbonyl (C=O) groups is 5. The molecule has 14 heteroatoms. The Hall–Kier alpha value is -4.85. The predicted octanol–water partition coefficient (Wildman–Crippen LogP) is 4.09. The minimum Gasteiger partial charge on any atom is -0.507 e. The van der Waals surface area contributed by atoms with Gasteiger partial charge in [-0.05, 0) is 81.2 Å². The van der Waals surface area contributed by atoms with E-state index in [9.17, 15) is 29.1 Å². The number of esters is 1. The summed E-state index contributed by atoms with van der Waals surface area (Å²) < 4.78 is 11.0. The first-order chi connectivity index (χ1) is 26.5. The Bertz CT molecular complexity index is 1690. The predicted molar refractivity (Wildman–Crippen MR) is 206 cm³/mol. The number of aromatic hydroxyl groups is 1. The van der Waals surface area contributed by atoms with Crippen LogP contribution >= 0.6 is 0 Å². The number of amides is 5. The van der Waals surface area contributed by atoms with Crippen LogP contribution < -0.4 is 5.32 Å². The minimum absolute atomic E-state index is 0.0141. The van der Waals surface area contributed by atoms with E-state index in [1.807, 2.05) is 60.0 Å². The van der Waals surface area contributed by atoms with Gasteiger partial charge in [-0.1, -0.05) is 30.3 Å². The number of nitrogens with zero attached hydrogens (tertiary/aromatic N) is 5. The molecule has 0 aliphatic carbocycles. The highest BCUT2D eigenvalue weighted by atomic mass is 16.6. The number of anilines is 1. The second kappa shape index (κ2) is 18.2. The van der Waals surface area contributed by atoms with Crippen LogP contribution in [-0.4, -0.2) is 143 Å². The van der Waals surface area contributed by atoms with Crippen molar-refractivity contribution in [3.05, 3.63) is 58.7 Å². The van der Waals surface area contributed by atoms with Crippen molar-refractivity contribution in [2.45, 2.75) is 90.3 Å². The lowest BCUT2D eigenvalue weighted by molar-refractivity contribution is -0.146. The largest absolute Gasteiger partial charge is 0.507 e. The number of likely N-dealkylation sites (tertiary alicyclic amines) is 2. The first-order valence-corrected chi connectivity index (χ1v) is 19.9. The van der Waals surface area contributed by atoms with Crippen LogP contribution in [0.15, 0.2) is 36.4 Å². The van der Waals surface area contributed by atoms with Crippen molar-refractivity contribution in [2.75, 3.05) is 70.8 Å². The molecule has 3 saturated heterocycles. The Morgan fingerprint density at radius 2 is 1.45 bits per heavy atom. The van der Waals surface area contributed by atoms with Crippen molar-refractivity contribution in [1.82, 2.24) is 24.5 Å². The lowest BCUT2D eigenvalue weighted by atomic mass is 9.98. The molecule has 0 saturated carbocycles. The van der Waals surface area contributed by atoms with E-state index in [1.165, 1.54) is 0 Å². The van der Waals surface area contributed by atoms with E-state index in [-0.39, 0.29) is 60.9 Å². The van der Waals surface area contributed by atoms with Gasteiger partial charge in [0.25, 0.3) is 5.91 Å². The molecule has 6 rings (SSSR count). The second-order valence-electron chi connectivity index (χ2n) is 15.2. The van der Waals surface area contributed by atoms with Gasteiger partial charge >= 0.3 is 18.1 Å². The number of piperazine rings is 1. The van der Waals surface area contributed by atoms with Gasteiger partial charge in [0.2, 0.25) is 5.91 Å². The summed E-state index contributed by atoms with van der Waals surface area (Å²) in [4.78, 5) is 74.9. The van der Waals surface area contributed by atoms with Crippen LogP contribution in [0.25, 0.3) is 0 Å². The SMILES string of the molecule is CCOC(=O)CCC(=O)N1CCN(C2CCN(C(=O)C(Cc3cc(C)c(O)c(C)c3)OC(=O)N3CCC(N4CCc5ccccc5NC4=O)CC3)CC2)CC1. The fraction of sp³-hybridized carbons (Fsp3) is 0.585. The monoisotopic (exact) mass is 760 g/mol. The summed E-state index contributed by atoms with van der Waals surface area (Å²) in [6.07, 6.45) is 2.36. The first-order valence-electron chi connectivity index (χ1n) is 19.9. The number of para-hydroxylation sites is 1. The number of urea groups is 1. The third kappa shape index (κ3) is 9.88. The van der Waals surface area contributed by atoms with E-state index < -0.39 is 12.2 Å². The van der Waals surface area contributed by atoms with E-state index in [2.05, 4.69) is 10.2 Å². The molecule has 3 fully saturated rings. The van der Waals surface area contributed by atoms with Crippen LogP contribution in [0.2, 0.25) is 0 Å². The summed E-state index contributed by atoms with van der Waals surface area (Å²) in [5.74, 6) is -0.415. The smallest absolute Gasteiger partial charge is 0.410 e. The number of hydrogen-bond acceptors (Lipinski definition) is 9. The van der Waals surface area contributed by atoms with Crippen LogP contribution in [0.4, 0.5) is 15.3 Å². The first kappa shape index (κ1) is 39.8. The Morgan fingerprint density at radius 3 is 2.13 bits per heavy atom. The number of piperidine rings is 2. The molecule has 14 nitrogen and oxygen atoms in total. The average Bonchev–Trinajstić information content (AvgIpc) is 3.36. The molecular weight excluding hydrogens is 704 g/mol. The Balaban J connectivity index is 1.03. The van der Waals surface area contributed by atoms with Crippen molar-refractivity contribution >= 4 is 35.6 Å². The number of benzene rings is 2. The fourth-order valence-electron chi connectivity index (χ4n) is 8.44. The van der Waals surface area contributed by atoms with Crippen molar-refractivity contribution in [1.29, 1.82) is 0 Å². The maximum atomic E-state index is 14.2. The summed E-state index contributed by atoms with van der Waals surface area (Å²) in [6.45, 7) is 10.8. The van der Waals surface area contributed by atoms with Crippen LogP contribution in [-0.2, 0) is 36.7 Å². The number of phenols is 1. The number of aryl methyl sites for hydroxylation is 2. The van der Waals surface area contributed by atoms with Gasteiger partial charge in [-0.2, -0.15) is 0 Å². The van der Waals surface area contributed by atoms with Crippen molar-refractivity contribution in [3.63, 3.8) is 0 Å². The summed E-state index contributed by atoms with van der Waals surface area (Å²) in [7, 11) is 0. The molecule has 1 atom stereocenters. The van der Waals surface area contributed by atoms with Gasteiger partial charge in [0.1, 0.15) is 5.75 Å². The van der Waals surface area contributed by atoms with Gasteiger partial charge in [0.05, 0.1) is 13.0 Å². The van der Waals surface area contributed by atoms with Gasteiger partial charge in [-0.15, -0.1) is 0 Å². The van der Waals surface area contributed by atoms with Crippen LogP contribution in [0.1, 0.15) is 67.7 Å². The second-order valence-corrected chi connectivity index (χ2v) is 15.2. The van der Waals surface area contributed by atoms with Gasteiger partial charge in [-0.25, -0.2) is 9.59 Å². The molecule has 4 heterocycles. The molecule has 4 aliphatic rings. The topological polar surface area (TPSA) is 152 Å². The molecule has 0 spiro atoms. The molecule has 0 bridgehead atoms. The summed E-state index contributed by atoms with van der Waals surface area (Å²) in [5.41, 5.74) is 4.13. The molecule has 5 amide bonds. The molecule has 2 aromatic carbocycles. The normalized spacial score (nSPS) is 19.3. The minimum atomic E-state index is -1.04. The van der Waals surface area contributed by atoms with E-state index >= 15 is 0 Å². The Morgan fingerprint density at radius 1 is 0.818 bits per heavy atom. The summed E-state index contributed by atoms with van der Waals surface area (Å²) in [5, 5.41) is 13.4. The number of phenolic OH excluding ortho intramolecular Hbond substituents is 1. The van der Waals surface area contributed by atoms with Gasteiger partial charge in [0.15, 0.2) is 6.10 Å². The molecule has 4 aliphatic heterocycles. The van der Waals surface area contributed by atoms with Gasteiger partial charge in [-0.3, -0.25) is 19.3 Å². The number of hydrogen-bond donors (Lipinski definition) is 2. The molecule has 1 unspecified atom stereocenters. The maximum Gasteiger partial charge on any atom is 0.410 e. The van der Waals surface area contributed by atoms with Crippen molar-refractivity contribution < 1.29 is 38.6 Å². The number of rotatable bonds is 10. The van der Waals surface area contributed by atoms with E-state index in [4.69, 9.17) is 9.47 Å². The van der Waals surface area contributed by atoms with Gasteiger partial charge < -0.3 is 39.5 Å². The van der Waals surface area contributed by atoms with Crippen molar-refractivity contribution in [3.8, 4) is 5.75 Å². The lowest BCUT2D eigenvalue weighted by Crippen LogP contribution is -2.56. The third-order valence-corrected chi connectivity index (χ3v) is 11.6. The standard InChI is InChI=1S/C41H56N6O8/c1-4-54-37(49)10-9-36(48)44-23-21-43(22-24-44)32-12-16-45(17-13-32)39(51)35(27-30-25-28(2)38(50)29(3)26-30)55-41(53)46-18-14-33(15-19-46)47-20-11-31-7-5-6-8-34(31)42-40(47)52/h5-8,25-26,32-33,35,50H,4,9-24,27H2,1-3H3,(H,42,52). The highest BCUT2D eigenvalue weighted by Gasteiger charge is 2.37. The fourth-order valence-corrected chi connectivity index (χ4v) is 8.44. The zero-order valence-electron chi connectivity index (χ0n) is 32.5. The number of ether oxygens (including phenoxy) is 2. The highest BCUT2D eigenvalue weighted by Crippen LogP contribution is 2.28. The summed E-state index contributed by atoms with van der Waals surface area (Å²) >= 11 is 0. The van der Waals surface area contributed by atoms with E-state index in [0.29, 0.717) is 76.4 Å². The number of nitrogens with one attached hydrogen (secondary N) is 1. The van der Waals surface area contributed by atoms with Crippen molar-refractivity contribution in [2.24, 2.45) is 0 Å². The number of fused-ring (bicyclic) bond motifs is 1. The third-order valence-electron chi connectivity index (χ3n) is 11.6. The molecule has 0 radical (unpaired) electrons. The maximum absolute atomic E-state index is 14.2. The molecule has 298 valence electrons. The zero-order valence-corrected chi connectivity index (χ0v) is 32.5. The highest BCUT2D eigenvalue weighted by molar-refractivity contribution is 5.91. The zero-order chi connectivity index (χ0) is 39.1. The average molecular weight is 761 g/mol. The van der Waals surface area contributed by atoms with Crippen LogP contribution in [0.5, 0.6) is 5.75 Å². The van der Waals surface area contributed by atoms with E-state index in [1.54, 1.807) is 16.7 Å². The quantitative estimate of drug-likeness (QED) is 0.342. The Kier molecular flexibility index (Phi) is 13.2. The molecule has 55 heavy (non-hydrogen) atoms. The molecular formula is C41H56N6O8. The van der Waals surface area contributed by atoms with Crippen LogP contribution in [0, 0.1) is 13.8 Å². The number of carbonyl (C=O) groups excluding carboxylic acids is 5. The molecule has 2 N–H and O–H groups in total. The molecule has 0 aromatic heterocycles. The molecule has 2 aromatic rings. The van der Waals surface area contributed by atoms with E-state index in [0.717, 1.165) is 49.2 Å². The lowest BCUT2D eigenvalue weighted by Gasteiger charge is -2.43. The summed E-state index contributed by atoms with van der Waals surface area (Å²) in [6, 6.07) is 11.6. The van der Waals surface area contributed by atoms with Crippen LogP contribution in [0.3, 0.4) is 0 Å². The Labute approximate surface area is 323 Å². The van der Waals surface area contributed by atoms with Gasteiger partial charge in [0, 0.05) is 89.5 Å².